The van der Waals surface area contributed by atoms with Gasteiger partial charge in [0.25, 0.3) is 11.8 Å². The van der Waals surface area contributed by atoms with Crippen molar-refractivity contribution < 1.29 is 55.0 Å². The van der Waals surface area contributed by atoms with E-state index < -0.39 is 58.3 Å². The summed E-state index contributed by atoms with van der Waals surface area (Å²) in [6.45, 7) is 10.0. The number of aryl methyl sites for hydroxylation is 2. The molecule has 60 heavy (non-hydrogen) atoms. The maximum atomic E-state index is 13.2. The van der Waals surface area contributed by atoms with Gasteiger partial charge in [-0.15, -0.1) is 0 Å². The number of hydrogen-bond acceptors (Lipinski definition) is 10. The molecule has 0 atom stereocenters. The van der Waals surface area contributed by atoms with Crippen LogP contribution in [0.25, 0.3) is 11.1 Å². The number of Topliss-reactive ketones (excluding diaryl/α,β-unsaturated/α-hetero) is 2. The molecule has 4 aromatic rings. The topological polar surface area (TPSA) is 160 Å². The number of benzene rings is 4. The Bertz CT molecular complexity index is 2160. The first-order chi connectivity index (χ1) is 28.2. The average molecular weight is 841 g/mol. The number of amides is 2. The van der Waals surface area contributed by atoms with Crippen LogP contribution in [0.1, 0.15) is 62.8 Å². The lowest BCUT2D eigenvalue weighted by atomic mass is 9.95. The Morgan fingerprint density at radius 2 is 0.950 bits per heavy atom. The van der Waals surface area contributed by atoms with Crippen molar-refractivity contribution in [2.45, 2.75) is 66.7 Å². The van der Waals surface area contributed by atoms with E-state index in [0.29, 0.717) is 35.1 Å². The number of hydrazone groups is 2. The van der Waals surface area contributed by atoms with E-state index in [2.05, 4.69) is 31.7 Å². The third-order valence-corrected chi connectivity index (χ3v) is 8.44. The minimum absolute atomic E-state index is 0.194. The number of ether oxygens (including phenoxy) is 2. The van der Waals surface area contributed by atoms with Gasteiger partial charge in [0.05, 0.1) is 35.7 Å². The first kappa shape index (κ1) is 46.0. The van der Waals surface area contributed by atoms with E-state index in [9.17, 15) is 45.5 Å². The number of hydrogen-bond donors (Lipinski definition) is 4. The molecule has 0 fully saturated rings. The van der Waals surface area contributed by atoms with Crippen LogP contribution in [0.4, 0.5) is 49.1 Å². The van der Waals surface area contributed by atoms with Gasteiger partial charge in [-0.3, -0.25) is 30.0 Å². The number of carbonyl (C=O) groups is 4. The highest BCUT2D eigenvalue weighted by molar-refractivity contribution is 6.67. The molecule has 0 bridgehead atoms. The van der Waals surface area contributed by atoms with E-state index in [1.807, 2.05) is 13.8 Å². The van der Waals surface area contributed by atoms with Crippen LogP contribution in [-0.2, 0) is 31.5 Å². The summed E-state index contributed by atoms with van der Waals surface area (Å²) >= 11 is 0. The van der Waals surface area contributed by atoms with Gasteiger partial charge in [0.1, 0.15) is 11.5 Å². The number of halogens is 6. The van der Waals surface area contributed by atoms with Crippen LogP contribution in [0.5, 0.6) is 11.5 Å². The molecule has 0 aliphatic heterocycles. The van der Waals surface area contributed by atoms with E-state index >= 15 is 0 Å². The number of anilines is 4. The van der Waals surface area contributed by atoms with E-state index in [1.54, 1.807) is 38.1 Å². The van der Waals surface area contributed by atoms with Gasteiger partial charge in [-0.2, -0.15) is 36.5 Å². The highest BCUT2D eigenvalue weighted by Gasteiger charge is 2.32. The zero-order valence-corrected chi connectivity index (χ0v) is 33.4. The molecule has 2 amide bonds. The number of rotatable bonds is 17. The second-order valence-electron chi connectivity index (χ2n) is 13.3. The molecule has 0 heterocycles. The van der Waals surface area contributed by atoms with Crippen molar-refractivity contribution in [3.63, 3.8) is 0 Å². The second-order valence-corrected chi connectivity index (χ2v) is 13.3. The zero-order valence-electron chi connectivity index (χ0n) is 33.4. The Morgan fingerprint density at radius 3 is 1.27 bits per heavy atom. The smallest absolute Gasteiger partial charge is 0.416 e. The summed E-state index contributed by atoms with van der Waals surface area (Å²) in [7, 11) is 0. The van der Waals surface area contributed by atoms with Crippen molar-refractivity contribution in [2.24, 2.45) is 10.2 Å². The first-order valence-corrected chi connectivity index (χ1v) is 18.4. The van der Waals surface area contributed by atoms with Crippen molar-refractivity contribution >= 4 is 57.6 Å². The minimum atomic E-state index is -4.65. The quantitative estimate of drug-likeness (QED) is 0.0354. The molecule has 0 saturated carbocycles. The largest absolute Gasteiger partial charge is 0.491 e. The summed E-state index contributed by atoms with van der Waals surface area (Å²) in [6.07, 6.45) is -8.09. The van der Waals surface area contributed by atoms with Crippen molar-refractivity contribution in [3.8, 4) is 22.6 Å². The van der Waals surface area contributed by atoms with Crippen molar-refractivity contribution in [1.82, 2.24) is 0 Å². The van der Waals surface area contributed by atoms with E-state index in [0.717, 1.165) is 50.2 Å². The lowest BCUT2D eigenvalue weighted by Gasteiger charge is -2.19. The Kier molecular flexibility index (Phi) is 15.2. The fourth-order valence-corrected chi connectivity index (χ4v) is 5.53. The SMILES string of the molecule is CCCOc1cc(-c2cc(OCCC)c(N/N=C(\C(C)=O)C(=O)Nc3cccc(C(F)(F)F)c3)cc2C)c(C)cc1N/N=C(/C(C)=O)C(=O)Nc1cccc(C(F)(F)F)c1. The molecule has 18 heteroatoms. The lowest BCUT2D eigenvalue weighted by Crippen LogP contribution is -2.29. The monoisotopic (exact) mass is 840 g/mol. The van der Waals surface area contributed by atoms with Crippen LogP contribution >= 0.6 is 0 Å². The van der Waals surface area contributed by atoms with E-state index in [1.165, 1.54) is 12.1 Å². The fraction of sp³-hybridized carbons (Fsp3) is 0.286. The van der Waals surface area contributed by atoms with Gasteiger partial charge in [0.15, 0.2) is 23.0 Å². The van der Waals surface area contributed by atoms with Crippen LogP contribution in [0.15, 0.2) is 83.0 Å². The summed E-state index contributed by atoms with van der Waals surface area (Å²) in [5.74, 6) is -3.06. The molecule has 0 aromatic heterocycles. The van der Waals surface area contributed by atoms with Crippen LogP contribution in [0, 0.1) is 13.8 Å². The van der Waals surface area contributed by atoms with Gasteiger partial charge in [-0.1, -0.05) is 26.0 Å². The highest BCUT2D eigenvalue weighted by atomic mass is 19.4. The van der Waals surface area contributed by atoms with E-state index in [4.69, 9.17) is 9.47 Å². The Labute approximate surface area is 341 Å². The Hall–Kier alpha value is -6.72. The molecule has 0 aliphatic carbocycles. The molecule has 0 aliphatic rings. The molecule has 4 rings (SSSR count). The number of nitrogens with one attached hydrogen (secondary N) is 4. The van der Waals surface area contributed by atoms with Crippen molar-refractivity contribution in [3.05, 3.63) is 95.1 Å². The van der Waals surface area contributed by atoms with Gasteiger partial charge in [-0.05, 0) is 110 Å². The maximum Gasteiger partial charge on any atom is 0.416 e. The van der Waals surface area contributed by atoms with Crippen LogP contribution in [-0.4, -0.2) is 48.0 Å². The summed E-state index contributed by atoms with van der Waals surface area (Å²) in [5.41, 5.74) is 5.01. The third-order valence-electron chi connectivity index (χ3n) is 8.44. The predicted molar refractivity (Wildman–Crippen MR) is 217 cm³/mol. The normalized spacial score (nSPS) is 12.1. The number of ketones is 2. The lowest BCUT2D eigenvalue weighted by molar-refractivity contribution is -0.138. The summed E-state index contributed by atoms with van der Waals surface area (Å²) in [4.78, 5) is 51.0. The minimum Gasteiger partial charge on any atom is -0.491 e. The van der Waals surface area contributed by atoms with Gasteiger partial charge in [0, 0.05) is 25.2 Å². The predicted octanol–water partition coefficient (Wildman–Crippen LogP) is 9.58. The molecule has 4 aromatic carbocycles. The Morgan fingerprint density at radius 1 is 0.583 bits per heavy atom. The van der Waals surface area contributed by atoms with Gasteiger partial charge < -0.3 is 20.1 Å². The number of carbonyl (C=O) groups excluding carboxylic acids is 4. The molecule has 0 radical (unpaired) electrons. The molecule has 0 spiro atoms. The molecule has 12 nitrogen and oxygen atoms in total. The van der Waals surface area contributed by atoms with Gasteiger partial charge in [0.2, 0.25) is 0 Å². The molecular weight excluding hydrogens is 798 g/mol. The highest BCUT2D eigenvalue weighted by Crippen LogP contribution is 2.40. The molecular formula is C42H42F6N6O6. The van der Waals surface area contributed by atoms with Crippen LogP contribution < -0.4 is 31.0 Å². The van der Waals surface area contributed by atoms with Gasteiger partial charge in [-0.25, -0.2) is 0 Å². The maximum absolute atomic E-state index is 13.2. The number of alkyl halides is 6. The van der Waals surface area contributed by atoms with Crippen molar-refractivity contribution in [1.29, 1.82) is 0 Å². The number of nitrogens with zero attached hydrogens (tertiary/aromatic N) is 2. The first-order valence-electron chi connectivity index (χ1n) is 18.4. The van der Waals surface area contributed by atoms with Crippen LogP contribution in [0.2, 0.25) is 0 Å². The summed E-state index contributed by atoms with van der Waals surface area (Å²) in [5, 5.41) is 12.6. The molecule has 0 unspecified atom stereocenters. The van der Waals surface area contributed by atoms with Crippen LogP contribution in [0.3, 0.4) is 0 Å². The molecule has 0 saturated heterocycles. The standard InChI is InChI=1S/C42H42F6N6O6/c1-7-15-59-35-21-31(23(3)17-33(35)51-53-37(25(5)55)39(57)49-29-13-9-11-27(19-29)41(43,44)45)32-22-36(60-16-8-2)34(18-24(32)4)52-54-38(26(6)56)40(58)50-30-14-10-12-28(20-30)42(46,47)48/h9-14,17-22,51-52H,7-8,15-16H2,1-6H3,(H,49,57)(H,50,58)/b53-37-,54-38+. The third kappa shape index (κ3) is 12.2. The fourth-order valence-electron chi connectivity index (χ4n) is 5.53. The second kappa shape index (κ2) is 19.8. The van der Waals surface area contributed by atoms with E-state index in [-0.39, 0.29) is 47.5 Å². The molecule has 4 N–H and O–H groups in total. The average Bonchev–Trinajstić information content (AvgIpc) is 3.16. The summed E-state index contributed by atoms with van der Waals surface area (Å²) in [6, 6.07) is 14.6. The zero-order chi connectivity index (χ0) is 44.4. The Balaban J connectivity index is 1.67. The van der Waals surface area contributed by atoms with Crippen molar-refractivity contribution in [2.75, 3.05) is 34.7 Å². The summed E-state index contributed by atoms with van der Waals surface area (Å²) < 4.78 is 91.4. The molecule has 318 valence electrons. The van der Waals surface area contributed by atoms with Gasteiger partial charge >= 0.3 is 12.4 Å².